The van der Waals surface area contributed by atoms with Gasteiger partial charge < -0.3 is 29.9 Å². The zero-order valence-electron chi connectivity index (χ0n) is 6.95. The Morgan fingerprint density at radius 2 is 1.00 bits per heavy atom. The van der Waals surface area contributed by atoms with Crippen molar-refractivity contribution in [3.05, 3.63) is 0 Å². The van der Waals surface area contributed by atoms with Crippen LogP contribution in [0.1, 0.15) is 0 Å². The Morgan fingerprint density at radius 1 is 1.00 bits per heavy atom. The fraction of sp³-hybridized carbons (Fsp3) is 0. The van der Waals surface area contributed by atoms with E-state index in [9.17, 15) is 0 Å². The maximum absolute atomic E-state index is 8.88. The van der Waals surface area contributed by atoms with Gasteiger partial charge in [-0.2, -0.15) is 0 Å². The summed E-state index contributed by atoms with van der Waals surface area (Å²) >= 11 is 0. The summed E-state index contributed by atoms with van der Waals surface area (Å²) in [4.78, 5) is 21.6. The van der Waals surface area contributed by atoms with Gasteiger partial charge in [0.2, 0.25) is 0 Å². The minimum Gasteiger partial charge on any atom is -0.759 e. The molecule has 6 N–H and O–H groups in total. The van der Waals surface area contributed by atoms with Crippen LogP contribution in [0.15, 0.2) is 0 Å². The molecule has 0 radical (unpaired) electrons. The predicted octanol–water partition coefficient (Wildman–Crippen LogP) is -8.10. The van der Waals surface area contributed by atoms with E-state index in [4.69, 9.17) is 36.8 Å². The molecule has 0 aromatic heterocycles. The molecule has 9 nitrogen and oxygen atoms in total. The largest absolute Gasteiger partial charge is 1.00 e. The molecule has 0 aromatic rings. The van der Waals surface area contributed by atoms with E-state index in [1.165, 1.54) is 0 Å². The number of hydrogen-bond donors (Lipinski definition) is 4. The summed E-state index contributed by atoms with van der Waals surface area (Å²) in [6.07, 6.45) is 0. The summed E-state index contributed by atoms with van der Waals surface area (Å²) in [5.41, 5.74) is 0. The third-order valence-corrected chi connectivity index (χ3v) is 0. The average Bonchev–Trinajstić information content (AvgIpc) is 1.12. The number of hydrogen-bond acceptors (Lipinski definition) is 6. The van der Waals surface area contributed by atoms with Gasteiger partial charge in [0.1, 0.15) is 0 Å². The van der Waals surface area contributed by atoms with Gasteiger partial charge in [-0.15, -0.1) is 0 Å². The van der Waals surface area contributed by atoms with Crippen LogP contribution in [-0.2, 0) is 15.0 Å². The molecule has 0 saturated carbocycles. The predicted molar refractivity (Wildman–Crippen MR) is 29.8 cm³/mol. The Hall–Kier alpha value is 3.21. The second kappa shape index (κ2) is 13.3. The molecule has 0 aromatic carbocycles. The van der Waals surface area contributed by atoms with E-state index in [1.807, 2.05) is 0 Å². The molecular formula is H6K2NO8PS. The van der Waals surface area contributed by atoms with Gasteiger partial charge in [0.25, 0.3) is 0 Å². The van der Waals surface area contributed by atoms with Crippen LogP contribution in [0.25, 0.3) is 0 Å². The third kappa shape index (κ3) is 257. The maximum atomic E-state index is 8.88. The van der Waals surface area contributed by atoms with Gasteiger partial charge in [0, 0.05) is 10.4 Å². The van der Waals surface area contributed by atoms with Crippen molar-refractivity contribution in [3.8, 4) is 0 Å². The topological polar surface area (TPSA) is 193 Å². The fourth-order valence-corrected chi connectivity index (χ4v) is 0. The van der Waals surface area contributed by atoms with Crippen LogP contribution < -0.4 is 109 Å². The van der Waals surface area contributed by atoms with Gasteiger partial charge in [0.05, 0.1) is 0 Å². The van der Waals surface area contributed by atoms with Crippen LogP contribution in [0.4, 0.5) is 0 Å². The van der Waals surface area contributed by atoms with Crippen molar-refractivity contribution in [2.45, 2.75) is 0 Å². The van der Waals surface area contributed by atoms with Crippen molar-refractivity contribution < 1.29 is 140 Å². The average molecular weight is 289 g/mol. The van der Waals surface area contributed by atoms with Crippen LogP contribution >= 0.6 is 7.82 Å². The molecule has 0 aliphatic heterocycles. The van der Waals surface area contributed by atoms with Crippen molar-refractivity contribution in [2.24, 2.45) is 0 Å². The van der Waals surface area contributed by atoms with Gasteiger partial charge in [-0.3, -0.25) is 8.42 Å². The van der Waals surface area contributed by atoms with Crippen molar-refractivity contribution in [2.75, 3.05) is 0 Å². The van der Waals surface area contributed by atoms with Crippen molar-refractivity contribution in [1.82, 2.24) is 6.15 Å². The van der Waals surface area contributed by atoms with E-state index in [1.54, 1.807) is 0 Å². The molecule has 0 aliphatic rings. The summed E-state index contributed by atoms with van der Waals surface area (Å²) in [7, 11) is -9.81. The summed E-state index contributed by atoms with van der Waals surface area (Å²) < 4.78 is 43.0. The summed E-state index contributed by atoms with van der Waals surface area (Å²) in [6.45, 7) is 0. The first-order chi connectivity index (χ1) is 4.00. The van der Waals surface area contributed by atoms with E-state index in [2.05, 4.69) is 0 Å². The Balaban J connectivity index is -0.0000000267. The first kappa shape index (κ1) is 29.8. The van der Waals surface area contributed by atoms with Gasteiger partial charge in [0.15, 0.2) is 0 Å². The molecule has 0 saturated heterocycles. The second-order valence-corrected chi connectivity index (χ2v) is 2.76. The SMILES string of the molecule is N.O=P(O)(O)O.O=S(=O)([O-])[O-].[K+].[K+]. The molecule has 0 unspecified atom stereocenters. The first-order valence-electron chi connectivity index (χ1n) is 1.45. The van der Waals surface area contributed by atoms with Gasteiger partial charge in [-0.1, -0.05) is 0 Å². The van der Waals surface area contributed by atoms with Crippen molar-refractivity contribution in [1.29, 1.82) is 0 Å². The van der Waals surface area contributed by atoms with Crippen LogP contribution in [0, 0.1) is 0 Å². The van der Waals surface area contributed by atoms with E-state index in [0.717, 1.165) is 0 Å². The molecule has 72 valence electrons. The van der Waals surface area contributed by atoms with Crippen molar-refractivity contribution >= 4 is 18.2 Å². The van der Waals surface area contributed by atoms with Crippen LogP contribution in [-0.4, -0.2) is 32.2 Å². The molecule has 0 rings (SSSR count). The quantitative estimate of drug-likeness (QED) is 0.145. The Bertz CT molecular complexity index is 200. The Morgan fingerprint density at radius 3 is 1.00 bits per heavy atom. The van der Waals surface area contributed by atoms with Gasteiger partial charge in [-0.05, 0) is 0 Å². The van der Waals surface area contributed by atoms with Gasteiger partial charge in [-0.25, -0.2) is 4.57 Å². The summed E-state index contributed by atoms with van der Waals surface area (Å²) in [6, 6.07) is 0. The molecule has 13 heteroatoms. The molecule has 0 bridgehead atoms. The minimum atomic E-state index is -5.17. The second-order valence-electron chi connectivity index (χ2n) is 0.922. The van der Waals surface area contributed by atoms with E-state index in [-0.39, 0.29) is 109 Å². The van der Waals surface area contributed by atoms with E-state index in [0.29, 0.717) is 0 Å². The first-order valence-corrected chi connectivity index (χ1v) is 4.35. The Labute approximate surface area is 160 Å². The molecule has 0 aliphatic carbocycles. The molecule has 0 atom stereocenters. The van der Waals surface area contributed by atoms with Crippen molar-refractivity contribution in [3.63, 3.8) is 0 Å². The molecule has 0 spiro atoms. The van der Waals surface area contributed by atoms with E-state index < -0.39 is 18.2 Å². The summed E-state index contributed by atoms with van der Waals surface area (Å²) in [5.74, 6) is 0. The monoisotopic (exact) mass is 289 g/mol. The van der Waals surface area contributed by atoms with Crippen LogP contribution in [0.5, 0.6) is 0 Å². The fourth-order valence-electron chi connectivity index (χ4n) is 0. The molecule has 0 fully saturated rings. The zero-order chi connectivity index (χ0) is 9.00. The Kier molecular flexibility index (Phi) is 30.5. The molecule has 13 heavy (non-hydrogen) atoms. The molecule has 0 heterocycles. The van der Waals surface area contributed by atoms with Crippen LogP contribution in [0.3, 0.4) is 0 Å². The zero-order valence-corrected chi connectivity index (χ0v) is 14.9. The smallest absolute Gasteiger partial charge is 0.759 e. The number of phosphoric acid groups is 1. The van der Waals surface area contributed by atoms with Crippen LogP contribution in [0.2, 0.25) is 0 Å². The maximum Gasteiger partial charge on any atom is 1.00 e. The number of rotatable bonds is 0. The molecule has 0 amide bonds. The minimum absolute atomic E-state index is 0. The summed E-state index contributed by atoms with van der Waals surface area (Å²) in [5, 5.41) is 0. The van der Waals surface area contributed by atoms with Gasteiger partial charge >= 0.3 is 111 Å². The normalized spacial score (nSPS) is 9.00. The third-order valence-electron chi connectivity index (χ3n) is 0. The molecular weight excluding hydrogens is 283 g/mol. The van der Waals surface area contributed by atoms with E-state index >= 15 is 0 Å². The standard InChI is InChI=1S/2K.H3N.H3O4P.H2O4S/c;;;2*1-5(2,3)4/h;;1H3;(H3,1,2,3,4);(H2,1,2,3,4)/q2*+1;;;/p-2.